The van der Waals surface area contributed by atoms with Gasteiger partial charge in [-0.05, 0) is 54.4 Å². The zero-order valence-electron chi connectivity index (χ0n) is 20.0. The van der Waals surface area contributed by atoms with Gasteiger partial charge in [0.2, 0.25) is 0 Å². The van der Waals surface area contributed by atoms with Crippen molar-refractivity contribution in [1.29, 1.82) is 0 Å². The van der Waals surface area contributed by atoms with Crippen molar-refractivity contribution in [3.05, 3.63) is 77.4 Å². The molecule has 1 heterocycles. The highest BCUT2D eigenvalue weighted by Crippen LogP contribution is 2.29. The molecule has 1 saturated heterocycles. The van der Waals surface area contributed by atoms with Crippen molar-refractivity contribution in [1.82, 2.24) is 5.32 Å². The van der Waals surface area contributed by atoms with Crippen LogP contribution >= 0.6 is 0 Å². The number of nitrogen functional groups attached to an aromatic ring is 1. The average molecular weight is 461 g/mol. The number of benzene rings is 3. The van der Waals surface area contributed by atoms with E-state index in [0.717, 1.165) is 37.4 Å². The number of aryl methyl sites for hydroxylation is 1. The van der Waals surface area contributed by atoms with Gasteiger partial charge in [-0.15, -0.1) is 0 Å². The molecule has 7 nitrogen and oxygen atoms in total. The molecule has 1 amide bonds. The van der Waals surface area contributed by atoms with Crippen LogP contribution in [0.25, 0.3) is 0 Å². The second-order valence-corrected chi connectivity index (χ2v) is 8.41. The van der Waals surface area contributed by atoms with Crippen LogP contribution in [-0.2, 0) is 6.54 Å². The van der Waals surface area contributed by atoms with Gasteiger partial charge < -0.3 is 30.3 Å². The van der Waals surface area contributed by atoms with E-state index >= 15 is 0 Å². The van der Waals surface area contributed by atoms with E-state index in [1.54, 1.807) is 20.3 Å². The number of piperazine rings is 1. The number of nitrogens with one attached hydrogen (secondary N) is 1. The van der Waals surface area contributed by atoms with Crippen LogP contribution in [0.2, 0.25) is 0 Å². The highest BCUT2D eigenvalue weighted by Gasteiger charge is 2.20. The number of para-hydroxylation sites is 1. The molecule has 3 N–H and O–H groups in total. The predicted octanol–water partition coefficient (Wildman–Crippen LogP) is 3.85. The molecule has 1 aliphatic heterocycles. The smallest absolute Gasteiger partial charge is 0.251 e. The van der Waals surface area contributed by atoms with Crippen LogP contribution in [0, 0.1) is 6.92 Å². The van der Waals surface area contributed by atoms with E-state index in [4.69, 9.17) is 15.2 Å². The number of hydrogen-bond donors (Lipinski definition) is 2. The van der Waals surface area contributed by atoms with Crippen LogP contribution in [0.15, 0.2) is 60.7 Å². The first-order chi connectivity index (χ1) is 16.5. The topological polar surface area (TPSA) is 80.1 Å². The second kappa shape index (κ2) is 10.4. The third-order valence-corrected chi connectivity index (χ3v) is 6.27. The van der Waals surface area contributed by atoms with Gasteiger partial charge in [-0.2, -0.15) is 0 Å². The highest BCUT2D eigenvalue weighted by molar-refractivity contribution is 5.96. The van der Waals surface area contributed by atoms with Crippen molar-refractivity contribution >= 4 is 23.0 Å². The van der Waals surface area contributed by atoms with E-state index in [9.17, 15) is 4.79 Å². The maximum absolute atomic E-state index is 12.7. The molecule has 0 aromatic heterocycles. The molecule has 34 heavy (non-hydrogen) atoms. The Balaban J connectivity index is 1.37. The summed E-state index contributed by atoms with van der Waals surface area (Å²) in [7, 11) is 3.19. The summed E-state index contributed by atoms with van der Waals surface area (Å²) >= 11 is 0. The Bertz CT molecular complexity index is 1160. The molecule has 0 spiro atoms. The number of rotatable bonds is 7. The van der Waals surface area contributed by atoms with Crippen LogP contribution in [-0.4, -0.2) is 46.3 Å². The maximum Gasteiger partial charge on any atom is 0.251 e. The van der Waals surface area contributed by atoms with Gasteiger partial charge in [0.25, 0.3) is 5.91 Å². The first-order valence-corrected chi connectivity index (χ1v) is 11.4. The number of carbonyl (C=O) groups is 1. The second-order valence-electron chi connectivity index (χ2n) is 8.41. The largest absolute Gasteiger partial charge is 0.493 e. The predicted molar refractivity (Wildman–Crippen MR) is 137 cm³/mol. The maximum atomic E-state index is 12.7. The van der Waals surface area contributed by atoms with E-state index in [1.165, 1.54) is 11.3 Å². The molecular formula is C27H32N4O3. The summed E-state index contributed by atoms with van der Waals surface area (Å²) in [5, 5.41) is 2.95. The minimum Gasteiger partial charge on any atom is -0.493 e. The van der Waals surface area contributed by atoms with Crippen LogP contribution in [0.3, 0.4) is 0 Å². The molecule has 178 valence electrons. The van der Waals surface area contributed by atoms with E-state index in [0.29, 0.717) is 29.3 Å². The van der Waals surface area contributed by atoms with Crippen molar-refractivity contribution in [2.24, 2.45) is 0 Å². The summed E-state index contributed by atoms with van der Waals surface area (Å²) in [4.78, 5) is 17.4. The van der Waals surface area contributed by atoms with Crippen LogP contribution in [0.1, 0.15) is 21.5 Å². The molecule has 7 heteroatoms. The standard InChI is InChI=1S/C27H32N4O3/c1-19-6-4-5-7-23(19)30-12-14-31(15-13-30)24-10-9-21(17-22(24)28)27(32)29-18-20-8-11-25(33-2)26(16-20)34-3/h4-11,16-17H,12-15,18,28H2,1-3H3,(H,29,32). The molecule has 0 aliphatic carbocycles. The Labute approximate surface area is 201 Å². The van der Waals surface area contributed by atoms with Gasteiger partial charge in [0.05, 0.1) is 25.6 Å². The van der Waals surface area contributed by atoms with Gasteiger partial charge in [-0.3, -0.25) is 4.79 Å². The number of ether oxygens (including phenoxy) is 2. The molecule has 3 aromatic rings. The fourth-order valence-electron chi connectivity index (χ4n) is 4.37. The Hall–Kier alpha value is -3.87. The van der Waals surface area contributed by atoms with Crippen molar-refractivity contribution in [2.45, 2.75) is 13.5 Å². The normalized spacial score (nSPS) is 13.5. The summed E-state index contributed by atoms with van der Waals surface area (Å²) < 4.78 is 10.6. The summed E-state index contributed by atoms with van der Waals surface area (Å²) in [6.45, 7) is 6.14. The lowest BCUT2D eigenvalue weighted by atomic mass is 10.1. The SMILES string of the molecule is COc1ccc(CNC(=O)c2ccc(N3CCN(c4ccccc4C)CC3)c(N)c2)cc1OC. The fraction of sp³-hybridized carbons (Fsp3) is 0.296. The monoisotopic (exact) mass is 460 g/mol. The molecular weight excluding hydrogens is 428 g/mol. The first-order valence-electron chi connectivity index (χ1n) is 11.4. The third kappa shape index (κ3) is 5.03. The van der Waals surface area contributed by atoms with Gasteiger partial charge in [-0.25, -0.2) is 0 Å². The number of carbonyl (C=O) groups excluding carboxylic acids is 1. The lowest BCUT2D eigenvalue weighted by Gasteiger charge is -2.38. The minimum atomic E-state index is -0.169. The van der Waals surface area contributed by atoms with E-state index in [1.807, 2.05) is 30.3 Å². The highest BCUT2D eigenvalue weighted by atomic mass is 16.5. The molecule has 0 atom stereocenters. The zero-order chi connectivity index (χ0) is 24.1. The fourth-order valence-corrected chi connectivity index (χ4v) is 4.37. The molecule has 0 bridgehead atoms. The Morgan fingerprint density at radius 1 is 0.882 bits per heavy atom. The lowest BCUT2D eigenvalue weighted by molar-refractivity contribution is 0.0951. The molecule has 0 radical (unpaired) electrons. The summed E-state index contributed by atoms with van der Waals surface area (Å²) in [5.74, 6) is 1.11. The number of methoxy groups -OCH3 is 2. The Morgan fingerprint density at radius 2 is 1.56 bits per heavy atom. The van der Waals surface area contributed by atoms with Crippen molar-refractivity contribution in [3.63, 3.8) is 0 Å². The number of nitrogens with zero attached hydrogens (tertiary/aromatic N) is 2. The molecule has 4 rings (SSSR count). The van der Waals surface area contributed by atoms with E-state index < -0.39 is 0 Å². The van der Waals surface area contributed by atoms with Crippen molar-refractivity contribution in [3.8, 4) is 11.5 Å². The molecule has 1 aliphatic rings. The van der Waals surface area contributed by atoms with E-state index in [-0.39, 0.29) is 5.91 Å². The minimum absolute atomic E-state index is 0.169. The summed E-state index contributed by atoms with van der Waals surface area (Å²) in [5.41, 5.74) is 12.0. The van der Waals surface area contributed by atoms with Crippen molar-refractivity contribution < 1.29 is 14.3 Å². The summed E-state index contributed by atoms with van der Waals surface area (Å²) in [6.07, 6.45) is 0. The van der Waals surface area contributed by atoms with Gasteiger partial charge in [0.1, 0.15) is 0 Å². The Morgan fingerprint density at radius 3 is 2.21 bits per heavy atom. The zero-order valence-corrected chi connectivity index (χ0v) is 20.0. The number of anilines is 3. The quantitative estimate of drug-likeness (QED) is 0.522. The number of amides is 1. The van der Waals surface area contributed by atoms with Crippen LogP contribution in [0.5, 0.6) is 11.5 Å². The third-order valence-electron chi connectivity index (χ3n) is 6.27. The average Bonchev–Trinajstić information content (AvgIpc) is 2.87. The Kier molecular flexibility index (Phi) is 7.11. The number of nitrogens with two attached hydrogens (primary N) is 1. The van der Waals surface area contributed by atoms with Gasteiger partial charge in [0.15, 0.2) is 11.5 Å². The first kappa shape index (κ1) is 23.3. The van der Waals surface area contributed by atoms with E-state index in [2.05, 4.69) is 46.3 Å². The van der Waals surface area contributed by atoms with Crippen LogP contribution < -0.4 is 30.3 Å². The molecule has 1 fully saturated rings. The molecule has 0 saturated carbocycles. The van der Waals surface area contributed by atoms with Gasteiger partial charge >= 0.3 is 0 Å². The molecule has 0 unspecified atom stereocenters. The van der Waals surface area contributed by atoms with Gasteiger partial charge in [-0.1, -0.05) is 24.3 Å². The summed E-state index contributed by atoms with van der Waals surface area (Å²) in [6, 6.07) is 19.6. The lowest BCUT2D eigenvalue weighted by Crippen LogP contribution is -2.47. The van der Waals surface area contributed by atoms with Crippen molar-refractivity contribution in [2.75, 3.05) is 55.9 Å². The number of hydrogen-bond acceptors (Lipinski definition) is 6. The van der Waals surface area contributed by atoms with Gasteiger partial charge in [0, 0.05) is 44.0 Å². The van der Waals surface area contributed by atoms with Crippen LogP contribution in [0.4, 0.5) is 17.1 Å². The molecule has 3 aromatic carbocycles.